The van der Waals surface area contributed by atoms with Gasteiger partial charge >= 0.3 is 0 Å². The predicted molar refractivity (Wildman–Crippen MR) is 117 cm³/mol. The molecule has 0 aliphatic heterocycles. The van der Waals surface area contributed by atoms with Crippen molar-refractivity contribution >= 4 is 35.0 Å². The first-order chi connectivity index (χ1) is 13.1. The van der Waals surface area contributed by atoms with Crippen molar-refractivity contribution in [3.8, 4) is 10.9 Å². The molecule has 2 aromatic rings. The van der Waals surface area contributed by atoms with E-state index in [0.717, 1.165) is 29.1 Å². The molecule has 0 aliphatic rings. The van der Waals surface area contributed by atoms with Crippen LogP contribution in [0.25, 0.3) is 0 Å². The summed E-state index contributed by atoms with van der Waals surface area (Å²) in [7, 11) is 1.99. The molecule has 1 aromatic carbocycles. The zero-order chi connectivity index (χ0) is 20.9. The van der Waals surface area contributed by atoms with E-state index in [4.69, 9.17) is 21.2 Å². The van der Waals surface area contributed by atoms with Gasteiger partial charge in [0.2, 0.25) is 0 Å². The van der Waals surface area contributed by atoms with E-state index in [-0.39, 0.29) is 5.60 Å². The SMILES string of the molecule is CCN(C)C=Nc1cc(C)c(Oc2nc([CH]NOC(C)(C)C)c(Cl)s2)cc1C. The van der Waals surface area contributed by atoms with Gasteiger partial charge in [-0.05, 0) is 64.8 Å². The smallest absolute Gasteiger partial charge is 0.280 e. The number of hydrogen-bond acceptors (Lipinski definition) is 6. The Balaban J connectivity index is 2.10. The van der Waals surface area contributed by atoms with Crippen LogP contribution in [-0.4, -0.2) is 35.4 Å². The summed E-state index contributed by atoms with van der Waals surface area (Å²) in [5.41, 5.74) is 5.95. The summed E-state index contributed by atoms with van der Waals surface area (Å²) in [4.78, 5) is 16.4. The highest BCUT2D eigenvalue weighted by atomic mass is 35.5. The maximum Gasteiger partial charge on any atom is 0.280 e. The molecule has 8 heteroatoms. The van der Waals surface area contributed by atoms with Crippen LogP contribution in [0.15, 0.2) is 17.1 Å². The van der Waals surface area contributed by atoms with Gasteiger partial charge in [-0.25, -0.2) is 9.98 Å². The summed E-state index contributed by atoms with van der Waals surface area (Å²) in [5, 5.41) is 0.471. The molecule has 28 heavy (non-hydrogen) atoms. The van der Waals surface area contributed by atoms with Crippen molar-refractivity contribution in [2.45, 2.75) is 47.1 Å². The first-order valence-corrected chi connectivity index (χ1v) is 10.2. The fourth-order valence-corrected chi connectivity index (χ4v) is 2.98. The number of aliphatic imine (C=N–C) groups is 1. The molecule has 0 spiro atoms. The van der Waals surface area contributed by atoms with E-state index in [9.17, 15) is 0 Å². The van der Waals surface area contributed by atoms with Gasteiger partial charge in [0.1, 0.15) is 16.6 Å². The number of ether oxygens (including phenoxy) is 1. The van der Waals surface area contributed by atoms with Crippen LogP contribution in [0.2, 0.25) is 4.34 Å². The second-order valence-electron chi connectivity index (χ2n) is 7.44. The van der Waals surface area contributed by atoms with E-state index in [2.05, 4.69) is 22.4 Å². The standard InChI is InChI=1S/C20H28ClN4O2S/c1-8-25(7)12-22-15-9-14(3)17(10-13(15)2)26-19-24-16(18(21)28-19)11-23-27-20(4,5)6/h9-12,23H,8H2,1-7H3. The zero-order valence-corrected chi connectivity index (χ0v) is 19.0. The number of nitrogens with one attached hydrogen (secondary N) is 1. The Morgan fingerprint density at radius 1 is 1.29 bits per heavy atom. The van der Waals surface area contributed by atoms with Crippen LogP contribution in [0.5, 0.6) is 10.9 Å². The van der Waals surface area contributed by atoms with E-state index >= 15 is 0 Å². The minimum atomic E-state index is -0.316. The largest absolute Gasteiger partial charge is 0.431 e. The fraction of sp³-hybridized carbons (Fsp3) is 0.450. The van der Waals surface area contributed by atoms with Crippen LogP contribution in [0, 0.1) is 20.4 Å². The number of hydrogen-bond donors (Lipinski definition) is 1. The number of benzene rings is 1. The summed E-state index contributed by atoms with van der Waals surface area (Å²) < 4.78 is 6.50. The lowest BCUT2D eigenvalue weighted by Crippen LogP contribution is -2.27. The Kier molecular flexibility index (Phi) is 7.83. The molecule has 1 radical (unpaired) electrons. The molecule has 0 atom stereocenters. The molecule has 0 saturated heterocycles. The maximum atomic E-state index is 6.27. The summed E-state index contributed by atoms with van der Waals surface area (Å²) >= 11 is 7.54. The number of rotatable bonds is 8. The first kappa shape index (κ1) is 22.6. The lowest BCUT2D eigenvalue weighted by molar-refractivity contribution is -0.0585. The van der Waals surface area contributed by atoms with Crippen LogP contribution < -0.4 is 10.2 Å². The summed E-state index contributed by atoms with van der Waals surface area (Å²) in [6.07, 6.45) is 1.83. The van der Waals surface area contributed by atoms with Gasteiger partial charge in [-0.3, -0.25) is 4.84 Å². The van der Waals surface area contributed by atoms with Gasteiger partial charge in [-0.1, -0.05) is 22.9 Å². The first-order valence-electron chi connectivity index (χ1n) is 9.05. The van der Waals surface area contributed by atoms with E-state index in [1.54, 1.807) is 6.54 Å². The monoisotopic (exact) mass is 423 g/mol. The molecule has 0 aliphatic carbocycles. The Labute approximate surface area is 176 Å². The molecule has 1 aromatic heterocycles. The van der Waals surface area contributed by atoms with Gasteiger partial charge in [0.15, 0.2) is 0 Å². The summed E-state index contributed by atoms with van der Waals surface area (Å²) in [5.74, 6) is 0.733. The minimum absolute atomic E-state index is 0.316. The number of thiazole rings is 1. The van der Waals surface area contributed by atoms with Gasteiger partial charge in [0.25, 0.3) is 5.19 Å². The van der Waals surface area contributed by atoms with Crippen molar-refractivity contribution in [3.05, 3.63) is 39.8 Å². The van der Waals surface area contributed by atoms with Crippen LogP contribution in [0.3, 0.4) is 0 Å². The maximum absolute atomic E-state index is 6.27. The number of nitrogens with zero attached hydrogens (tertiary/aromatic N) is 3. The van der Waals surface area contributed by atoms with Gasteiger partial charge in [0, 0.05) is 13.6 Å². The topological polar surface area (TPSA) is 59.0 Å². The Morgan fingerprint density at radius 2 is 2.00 bits per heavy atom. The number of hydroxylamine groups is 1. The van der Waals surface area contributed by atoms with Crippen molar-refractivity contribution in [2.24, 2.45) is 4.99 Å². The fourth-order valence-electron chi connectivity index (χ4n) is 2.05. The quantitative estimate of drug-likeness (QED) is 0.338. The van der Waals surface area contributed by atoms with E-state index in [0.29, 0.717) is 15.2 Å². The van der Waals surface area contributed by atoms with Crippen molar-refractivity contribution in [1.29, 1.82) is 0 Å². The Hall–Kier alpha value is -1.67. The van der Waals surface area contributed by atoms with E-state index in [1.165, 1.54) is 11.3 Å². The molecule has 0 unspecified atom stereocenters. The molecule has 0 saturated carbocycles. The highest BCUT2D eigenvalue weighted by Crippen LogP contribution is 2.36. The molecule has 1 N–H and O–H groups in total. The van der Waals surface area contributed by atoms with Crippen molar-refractivity contribution in [2.75, 3.05) is 13.6 Å². The molecular weight excluding hydrogens is 396 g/mol. The molecule has 6 nitrogen and oxygen atoms in total. The van der Waals surface area contributed by atoms with E-state index < -0.39 is 0 Å². The Bertz CT molecular complexity index is 830. The van der Waals surface area contributed by atoms with Crippen molar-refractivity contribution in [3.63, 3.8) is 0 Å². The summed E-state index contributed by atoms with van der Waals surface area (Å²) in [6, 6.07) is 3.97. The van der Waals surface area contributed by atoms with Crippen LogP contribution >= 0.6 is 22.9 Å². The normalized spacial score (nSPS) is 12.0. The number of aryl methyl sites for hydroxylation is 2. The zero-order valence-electron chi connectivity index (χ0n) is 17.5. The van der Waals surface area contributed by atoms with Crippen LogP contribution in [0.1, 0.15) is 44.5 Å². The lowest BCUT2D eigenvalue weighted by Gasteiger charge is -2.18. The highest BCUT2D eigenvalue weighted by molar-refractivity contribution is 7.17. The molecule has 0 fully saturated rings. The molecule has 0 bridgehead atoms. The average molecular weight is 424 g/mol. The van der Waals surface area contributed by atoms with Crippen molar-refractivity contribution < 1.29 is 9.57 Å². The lowest BCUT2D eigenvalue weighted by atomic mass is 10.1. The second kappa shape index (κ2) is 9.69. The minimum Gasteiger partial charge on any atom is -0.431 e. The van der Waals surface area contributed by atoms with Gasteiger partial charge in [-0.15, -0.1) is 0 Å². The number of halogens is 1. The molecular formula is C20H28ClN4O2S. The molecule has 153 valence electrons. The molecule has 1 heterocycles. The van der Waals surface area contributed by atoms with Gasteiger partial charge < -0.3 is 9.64 Å². The van der Waals surface area contributed by atoms with Crippen LogP contribution in [-0.2, 0) is 4.84 Å². The number of aromatic nitrogens is 1. The molecule has 2 rings (SSSR count). The van der Waals surface area contributed by atoms with Gasteiger partial charge in [0.05, 0.1) is 23.3 Å². The third kappa shape index (κ3) is 6.74. The highest BCUT2D eigenvalue weighted by Gasteiger charge is 2.15. The Morgan fingerprint density at radius 3 is 2.64 bits per heavy atom. The predicted octanol–water partition coefficient (Wildman–Crippen LogP) is 5.65. The molecule has 0 amide bonds. The average Bonchev–Trinajstić information content (AvgIpc) is 2.94. The summed E-state index contributed by atoms with van der Waals surface area (Å²) in [6.45, 7) is 14.4. The van der Waals surface area contributed by atoms with Crippen molar-refractivity contribution in [1.82, 2.24) is 15.4 Å². The second-order valence-corrected chi connectivity index (χ2v) is 9.00. The third-order valence-electron chi connectivity index (χ3n) is 3.73. The third-order valence-corrected chi connectivity index (χ3v) is 4.90. The van der Waals surface area contributed by atoms with Crippen LogP contribution in [0.4, 0.5) is 5.69 Å². The van der Waals surface area contributed by atoms with E-state index in [1.807, 2.05) is 65.0 Å². The van der Waals surface area contributed by atoms with Gasteiger partial charge in [-0.2, -0.15) is 5.48 Å².